The Bertz CT molecular complexity index is 478. The molecule has 1 nitrogen and oxygen atoms in total. The summed E-state index contributed by atoms with van der Waals surface area (Å²) in [5.41, 5.74) is 0.843. The minimum absolute atomic E-state index is 0.267. The van der Waals surface area contributed by atoms with Crippen molar-refractivity contribution in [3.63, 3.8) is 0 Å². The van der Waals surface area contributed by atoms with Gasteiger partial charge in [0.2, 0.25) is 0 Å². The quantitative estimate of drug-likeness (QED) is 0.466. The number of ketones is 1. The van der Waals surface area contributed by atoms with Crippen molar-refractivity contribution in [2.24, 2.45) is 0 Å². The third-order valence-electron chi connectivity index (χ3n) is 3.37. The number of benzene rings is 1. The summed E-state index contributed by atoms with van der Waals surface area (Å²) in [6.45, 7) is 7.03. The number of rotatable bonds is 6. The van der Waals surface area contributed by atoms with Gasteiger partial charge in [-0.1, -0.05) is 0 Å². The average molecular weight is 395 g/mol. The third-order valence-corrected chi connectivity index (χ3v) is 9.76. The Hall–Kier alpha value is -0.354. The molecule has 0 spiro atoms. The van der Waals surface area contributed by atoms with Gasteiger partial charge in [-0.3, -0.25) is 0 Å². The topological polar surface area (TPSA) is 17.1 Å². The molecule has 0 aliphatic heterocycles. The zero-order valence-electron chi connectivity index (χ0n) is 13.8. The summed E-state index contributed by atoms with van der Waals surface area (Å²) in [6, 6.07) is 9.69. The Balaban J connectivity index is 2.89. The molecule has 110 valence electrons. The van der Waals surface area contributed by atoms with E-state index < -0.39 is 26.5 Å². The zero-order valence-corrected chi connectivity index (χ0v) is 17.6. The van der Waals surface area contributed by atoms with Crippen molar-refractivity contribution in [1.82, 2.24) is 0 Å². The second-order valence-electron chi connectivity index (χ2n) is 7.71. The molecule has 1 rings (SSSR count). The van der Waals surface area contributed by atoms with Gasteiger partial charge in [-0.2, -0.15) is 0 Å². The van der Waals surface area contributed by atoms with Crippen molar-refractivity contribution in [3.8, 4) is 0 Å². The number of Topliss-reactive ketones (excluding diaryl/α,β-unsaturated/α-hetero) is 1. The van der Waals surface area contributed by atoms with Gasteiger partial charge < -0.3 is 0 Å². The van der Waals surface area contributed by atoms with Gasteiger partial charge in [-0.15, -0.1) is 0 Å². The maximum absolute atomic E-state index is 12.4. The SMILES string of the molecule is C[Si](C)(C)/C(=C/[CH2][Sn]([CH3])([CH3])[CH3])CC(=O)c1ccccc1. The predicted octanol–water partition coefficient (Wildman–Crippen LogP) is 5.40. The first-order valence-corrected chi connectivity index (χ1v) is 21.5. The van der Waals surface area contributed by atoms with Crippen molar-refractivity contribution in [2.75, 3.05) is 0 Å². The average Bonchev–Trinajstić information content (AvgIpc) is 2.32. The molecule has 1 aromatic rings. The number of carbonyl (C=O) groups excluding carboxylic acids is 1. The van der Waals surface area contributed by atoms with Crippen molar-refractivity contribution >= 4 is 32.2 Å². The van der Waals surface area contributed by atoms with E-state index in [9.17, 15) is 4.79 Å². The van der Waals surface area contributed by atoms with Gasteiger partial charge >= 0.3 is 130 Å². The van der Waals surface area contributed by atoms with Crippen LogP contribution >= 0.6 is 0 Å². The van der Waals surface area contributed by atoms with E-state index in [4.69, 9.17) is 0 Å². The van der Waals surface area contributed by atoms with Crippen LogP contribution in [0.25, 0.3) is 0 Å². The normalized spacial score (nSPS) is 13.4. The van der Waals surface area contributed by atoms with Crippen molar-refractivity contribution in [3.05, 3.63) is 47.2 Å². The molecule has 0 aromatic heterocycles. The van der Waals surface area contributed by atoms with E-state index in [-0.39, 0.29) is 5.78 Å². The van der Waals surface area contributed by atoms with E-state index in [1.807, 2.05) is 30.3 Å². The summed E-state index contributed by atoms with van der Waals surface area (Å²) in [7, 11) is -1.41. The molecule has 3 heteroatoms. The number of hydrogen-bond donors (Lipinski definition) is 0. The molecule has 0 fully saturated rings. The summed E-state index contributed by atoms with van der Waals surface area (Å²) in [6.07, 6.45) is 3.03. The molecule has 0 aliphatic carbocycles. The molecule has 0 N–H and O–H groups in total. The van der Waals surface area contributed by atoms with E-state index >= 15 is 0 Å². The molecular weight excluding hydrogens is 367 g/mol. The van der Waals surface area contributed by atoms with Crippen LogP contribution < -0.4 is 0 Å². The van der Waals surface area contributed by atoms with E-state index in [1.165, 1.54) is 9.63 Å². The monoisotopic (exact) mass is 396 g/mol. The fourth-order valence-electron chi connectivity index (χ4n) is 1.97. The Labute approximate surface area is 129 Å². The summed E-state index contributed by atoms with van der Waals surface area (Å²) in [4.78, 5) is 19.8. The van der Waals surface area contributed by atoms with Crippen LogP contribution in [0.1, 0.15) is 16.8 Å². The van der Waals surface area contributed by atoms with E-state index in [1.54, 1.807) is 0 Å². The van der Waals surface area contributed by atoms with Gasteiger partial charge in [0.05, 0.1) is 0 Å². The van der Waals surface area contributed by atoms with Gasteiger partial charge in [0.15, 0.2) is 0 Å². The zero-order chi connectivity index (χ0) is 15.4. The fourth-order valence-corrected chi connectivity index (χ4v) is 6.41. The molecule has 0 unspecified atom stereocenters. The molecule has 0 saturated carbocycles. The first-order valence-electron chi connectivity index (χ1n) is 7.37. The fraction of sp³-hybridized carbons (Fsp3) is 0.471. The molecule has 1 aromatic carbocycles. The third kappa shape index (κ3) is 6.40. The van der Waals surface area contributed by atoms with Crippen LogP contribution in [0.5, 0.6) is 0 Å². The van der Waals surface area contributed by atoms with Crippen molar-refractivity contribution < 1.29 is 4.79 Å². The van der Waals surface area contributed by atoms with Gasteiger partial charge in [0, 0.05) is 0 Å². The standard InChI is InChI=1S/C14H19OSi.3CH3.Sn/c1-5-13(16(2,3)4)11-14(15)12-9-7-6-8-10-12;;;;/h5-10H,1,11H2,2-4H3;3*1H3;/b13-5+;;;;. The summed E-state index contributed by atoms with van der Waals surface area (Å²) < 4.78 is 1.25. The van der Waals surface area contributed by atoms with Crippen LogP contribution in [-0.2, 0) is 0 Å². The second kappa shape index (κ2) is 7.08. The van der Waals surface area contributed by atoms with Crippen molar-refractivity contribution in [2.45, 2.75) is 45.3 Å². The van der Waals surface area contributed by atoms with E-state index in [2.05, 4.69) is 40.5 Å². The van der Waals surface area contributed by atoms with Crippen LogP contribution in [0.2, 0.25) is 38.9 Å². The van der Waals surface area contributed by atoms with Gasteiger partial charge in [-0.05, 0) is 0 Å². The van der Waals surface area contributed by atoms with Crippen LogP contribution in [-0.4, -0.2) is 32.2 Å². The van der Waals surface area contributed by atoms with Crippen LogP contribution in [0.15, 0.2) is 41.6 Å². The van der Waals surface area contributed by atoms with E-state index in [0.29, 0.717) is 6.42 Å². The molecule has 0 amide bonds. The molecule has 0 heterocycles. The number of carbonyl (C=O) groups is 1. The first-order chi connectivity index (χ1) is 9.09. The number of allylic oxidation sites excluding steroid dienone is 2. The molecule has 0 aliphatic rings. The second-order valence-corrected chi connectivity index (χ2v) is 28.6. The molecule has 0 saturated heterocycles. The Morgan fingerprint density at radius 2 is 1.65 bits per heavy atom. The van der Waals surface area contributed by atoms with Gasteiger partial charge in [0.25, 0.3) is 0 Å². The Morgan fingerprint density at radius 1 is 1.10 bits per heavy atom. The van der Waals surface area contributed by atoms with Gasteiger partial charge in [0.1, 0.15) is 0 Å². The summed E-state index contributed by atoms with van der Waals surface area (Å²) in [5, 5.41) is 1.43. The molecular formula is C17H28OSiSn. The van der Waals surface area contributed by atoms with Crippen molar-refractivity contribution in [1.29, 1.82) is 0 Å². The van der Waals surface area contributed by atoms with Crippen LogP contribution in [0.4, 0.5) is 0 Å². The van der Waals surface area contributed by atoms with E-state index in [0.717, 1.165) is 5.56 Å². The molecule has 0 radical (unpaired) electrons. The molecule has 20 heavy (non-hydrogen) atoms. The van der Waals surface area contributed by atoms with Gasteiger partial charge in [-0.25, -0.2) is 0 Å². The Morgan fingerprint density at radius 3 is 2.10 bits per heavy atom. The van der Waals surface area contributed by atoms with Crippen LogP contribution in [0.3, 0.4) is 0 Å². The maximum atomic E-state index is 12.4. The number of hydrogen-bond acceptors (Lipinski definition) is 1. The summed E-state index contributed by atoms with van der Waals surface area (Å²) >= 11 is -1.80. The Kier molecular flexibility index (Phi) is 6.26. The minimum atomic E-state index is -1.80. The molecule has 0 bridgehead atoms. The summed E-state index contributed by atoms with van der Waals surface area (Å²) in [5.74, 6) is 0.267. The molecule has 0 atom stereocenters. The van der Waals surface area contributed by atoms with Crippen LogP contribution in [0, 0.1) is 0 Å². The predicted molar refractivity (Wildman–Crippen MR) is 95.0 cm³/mol. The first kappa shape index (κ1) is 17.7.